The molecule has 0 unspecified atom stereocenters. The van der Waals surface area contributed by atoms with Crippen LogP contribution in [0.15, 0.2) is 35.5 Å². The van der Waals surface area contributed by atoms with E-state index in [9.17, 15) is 9.59 Å². The van der Waals surface area contributed by atoms with Crippen LogP contribution in [0, 0.1) is 5.92 Å². The highest BCUT2D eigenvalue weighted by atomic mass is 16.5. The maximum absolute atomic E-state index is 12.8. The van der Waals surface area contributed by atoms with Crippen LogP contribution >= 0.6 is 0 Å². The van der Waals surface area contributed by atoms with Gasteiger partial charge >= 0.3 is 12.0 Å². The van der Waals surface area contributed by atoms with E-state index >= 15 is 0 Å². The number of piperidine rings is 1. The quantitative estimate of drug-likeness (QED) is 0.734. The zero-order valence-corrected chi connectivity index (χ0v) is 16.8. The van der Waals surface area contributed by atoms with Crippen LogP contribution in [0.5, 0.6) is 5.75 Å². The standard InChI is InChI=1S/C21H29N3O4/c1-4-28-20(25)18-17(13-24-11-9-14(2)10-12-24)22-21(26)23-19(18)15-5-7-16(27-3)8-6-15/h5-8,14,19H,4,9-13H2,1-3H3,(H2,22,23,26)/t19-/m1/s1. The Kier molecular flexibility index (Phi) is 6.57. The number of nitrogens with one attached hydrogen (secondary N) is 2. The highest BCUT2D eigenvalue weighted by molar-refractivity contribution is 5.95. The van der Waals surface area contributed by atoms with Gasteiger partial charge in [-0.2, -0.15) is 0 Å². The van der Waals surface area contributed by atoms with Crippen LogP contribution in [0.25, 0.3) is 0 Å². The van der Waals surface area contributed by atoms with Crippen LogP contribution in [-0.2, 0) is 9.53 Å². The minimum atomic E-state index is -0.558. The van der Waals surface area contributed by atoms with Gasteiger partial charge in [0, 0.05) is 12.2 Å². The fourth-order valence-electron chi connectivity index (χ4n) is 3.68. The van der Waals surface area contributed by atoms with E-state index in [1.807, 2.05) is 24.3 Å². The lowest BCUT2D eigenvalue weighted by Gasteiger charge is -2.34. The SMILES string of the molecule is CCOC(=O)C1=C(CN2CCC(C)CC2)NC(=O)N[C@@H]1c1ccc(OC)cc1. The molecule has 7 nitrogen and oxygen atoms in total. The molecule has 0 bridgehead atoms. The molecule has 1 aromatic carbocycles. The molecule has 2 aliphatic rings. The van der Waals surface area contributed by atoms with E-state index in [0.717, 1.165) is 31.5 Å². The number of hydrogen-bond donors (Lipinski definition) is 2. The number of urea groups is 1. The van der Waals surface area contributed by atoms with Crippen molar-refractivity contribution in [3.8, 4) is 5.75 Å². The van der Waals surface area contributed by atoms with E-state index in [-0.39, 0.29) is 12.6 Å². The van der Waals surface area contributed by atoms with E-state index in [0.29, 0.717) is 29.5 Å². The van der Waals surface area contributed by atoms with Gasteiger partial charge in [-0.15, -0.1) is 0 Å². The maximum Gasteiger partial charge on any atom is 0.338 e. The summed E-state index contributed by atoms with van der Waals surface area (Å²) in [5, 5.41) is 5.71. The van der Waals surface area contributed by atoms with E-state index in [2.05, 4.69) is 22.5 Å². The second kappa shape index (κ2) is 9.10. The van der Waals surface area contributed by atoms with Gasteiger partial charge < -0.3 is 20.1 Å². The molecule has 0 aromatic heterocycles. The lowest BCUT2D eigenvalue weighted by Crippen LogP contribution is -2.49. The third-order valence-corrected chi connectivity index (χ3v) is 5.36. The molecule has 2 heterocycles. The van der Waals surface area contributed by atoms with Crippen molar-refractivity contribution in [3.63, 3.8) is 0 Å². The largest absolute Gasteiger partial charge is 0.497 e. The van der Waals surface area contributed by atoms with E-state index < -0.39 is 12.0 Å². The first kappa shape index (κ1) is 20.2. The molecule has 0 aliphatic carbocycles. The Bertz CT molecular complexity index is 737. The smallest absolute Gasteiger partial charge is 0.338 e. The van der Waals surface area contributed by atoms with Crippen molar-refractivity contribution in [1.82, 2.24) is 15.5 Å². The topological polar surface area (TPSA) is 79.9 Å². The Labute approximate surface area is 166 Å². The van der Waals surface area contributed by atoms with Gasteiger partial charge in [-0.1, -0.05) is 19.1 Å². The molecule has 2 N–H and O–H groups in total. The lowest BCUT2D eigenvalue weighted by atomic mass is 9.94. The summed E-state index contributed by atoms with van der Waals surface area (Å²) in [7, 11) is 1.60. The fourth-order valence-corrected chi connectivity index (χ4v) is 3.68. The van der Waals surface area contributed by atoms with Crippen LogP contribution in [0.4, 0.5) is 4.79 Å². The Morgan fingerprint density at radius 1 is 1.21 bits per heavy atom. The molecule has 28 heavy (non-hydrogen) atoms. The Morgan fingerprint density at radius 2 is 1.89 bits per heavy atom. The number of methoxy groups -OCH3 is 1. The van der Waals surface area contributed by atoms with Crippen LogP contribution in [0.1, 0.15) is 38.3 Å². The van der Waals surface area contributed by atoms with E-state index in [1.165, 1.54) is 0 Å². The molecule has 0 radical (unpaired) electrons. The van der Waals surface area contributed by atoms with Crippen LogP contribution in [0.2, 0.25) is 0 Å². The number of hydrogen-bond acceptors (Lipinski definition) is 5. The second-order valence-electron chi connectivity index (χ2n) is 7.38. The van der Waals surface area contributed by atoms with E-state index in [1.54, 1.807) is 14.0 Å². The van der Waals surface area contributed by atoms with Crippen molar-refractivity contribution in [1.29, 1.82) is 0 Å². The highest BCUT2D eigenvalue weighted by Gasteiger charge is 2.34. The maximum atomic E-state index is 12.8. The molecule has 1 aromatic rings. The number of ether oxygens (including phenoxy) is 2. The van der Waals surface area contributed by atoms with Crippen LogP contribution in [0.3, 0.4) is 0 Å². The molecular formula is C21H29N3O4. The Morgan fingerprint density at radius 3 is 2.50 bits per heavy atom. The molecule has 152 valence electrons. The van der Waals surface area contributed by atoms with Gasteiger partial charge in [0.2, 0.25) is 0 Å². The van der Waals surface area contributed by atoms with Crippen molar-refractivity contribution in [3.05, 3.63) is 41.1 Å². The Balaban J connectivity index is 1.93. The predicted molar refractivity (Wildman–Crippen MR) is 106 cm³/mol. The first-order valence-electron chi connectivity index (χ1n) is 9.85. The first-order valence-corrected chi connectivity index (χ1v) is 9.85. The third kappa shape index (κ3) is 4.65. The summed E-state index contributed by atoms with van der Waals surface area (Å²) in [6, 6.07) is 6.48. The second-order valence-corrected chi connectivity index (χ2v) is 7.38. The minimum absolute atomic E-state index is 0.278. The van der Waals surface area contributed by atoms with Crippen LogP contribution < -0.4 is 15.4 Å². The monoisotopic (exact) mass is 387 g/mol. The molecular weight excluding hydrogens is 358 g/mol. The summed E-state index contributed by atoms with van der Waals surface area (Å²) in [6.07, 6.45) is 2.24. The first-order chi connectivity index (χ1) is 13.5. The van der Waals surface area contributed by atoms with Crippen molar-refractivity contribution in [2.75, 3.05) is 33.4 Å². The molecule has 1 atom stereocenters. The molecule has 3 rings (SSSR count). The van der Waals surface area contributed by atoms with Crippen LogP contribution in [-0.4, -0.2) is 50.3 Å². The summed E-state index contributed by atoms with van der Waals surface area (Å²) < 4.78 is 10.5. The number of rotatable bonds is 6. The molecule has 2 aliphatic heterocycles. The van der Waals surface area contributed by atoms with Gasteiger partial charge in [-0.05, 0) is 56.5 Å². The number of carbonyl (C=O) groups excluding carboxylic acids is 2. The zero-order chi connectivity index (χ0) is 20.1. The van der Waals surface area contributed by atoms with Gasteiger partial charge in [0.05, 0.1) is 25.3 Å². The zero-order valence-electron chi connectivity index (χ0n) is 16.8. The van der Waals surface area contributed by atoms with Gasteiger partial charge in [-0.3, -0.25) is 4.90 Å². The molecule has 0 saturated carbocycles. The normalized spacial score (nSPS) is 21.1. The predicted octanol–water partition coefficient (Wildman–Crippen LogP) is 2.60. The average Bonchev–Trinajstić information content (AvgIpc) is 2.69. The lowest BCUT2D eigenvalue weighted by molar-refractivity contribution is -0.139. The molecule has 1 saturated heterocycles. The molecule has 0 spiro atoms. The van der Waals surface area contributed by atoms with Gasteiger partial charge in [-0.25, -0.2) is 9.59 Å². The summed E-state index contributed by atoms with van der Waals surface area (Å²) in [5.41, 5.74) is 1.89. The third-order valence-electron chi connectivity index (χ3n) is 5.36. The van der Waals surface area contributed by atoms with Crippen molar-refractivity contribution in [2.24, 2.45) is 5.92 Å². The van der Waals surface area contributed by atoms with Crippen molar-refractivity contribution in [2.45, 2.75) is 32.7 Å². The number of nitrogens with zero attached hydrogens (tertiary/aromatic N) is 1. The number of amides is 2. The Hall–Kier alpha value is -2.54. The highest BCUT2D eigenvalue weighted by Crippen LogP contribution is 2.30. The summed E-state index contributed by atoms with van der Waals surface area (Å²) in [6.45, 7) is 6.75. The van der Waals surface area contributed by atoms with Crippen molar-refractivity contribution < 1.29 is 19.1 Å². The van der Waals surface area contributed by atoms with Gasteiger partial charge in [0.25, 0.3) is 0 Å². The molecule has 7 heteroatoms. The van der Waals surface area contributed by atoms with Crippen molar-refractivity contribution >= 4 is 12.0 Å². The number of likely N-dealkylation sites (tertiary alicyclic amines) is 1. The van der Waals surface area contributed by atoms with Gasteiger partial charge in [0.15, 0.2) is 0 Å². The fraction of sp³-hybridized carbons (Fsp3) is 0.524. The van der Waals surface area contributed by atoms with Gasteiger partial charge in [0.1, 0.15) is 5.75 Å². The average molecular weight is 387 g/mol. The summed E-state index contributed by atoms with van der Waals surface area (Å²) >= 11 is 0. The molecule has 1 fully saturated rings. The number of benzene rings is 1. The summed E-state index contributed by atoms with van der Waals surface area (Å²) in [5.74, 6) is 1.02. The summed E-state index contributed by atoms with van der Waals surface area (Å²) in [4.78, 5) is 27.4. The molecule has 2 amide bonds. The minimum Gasteiger partial charge on any atom is -0.497 e. The van der Waals surface area contributed by atoms with E-state index in [4.69, 9.17) is 9.47 Å². The number of esters is 1. The number of carbonyl (C=O) groups is 2.